The lowest BCUT2D eigenvalue weighted by Crippen LogP contribution is -2.46. The summed E-state index contributed by atoms with van der Waals surface area (Å²) in [6.45, 7) is 12.5. The molecule has 0 spiro atoms. The molecule has 2 aromatic carbocycles. The SMILES string of the molecule is CO[C@H]1/C=C/O[C@@]2(C)Oc3c(C)c(O)c4c(=O)c(c5oc6cc(Br)cc(Cl)c6nc-5c4c3C2=O)NC(=O)/C(C)=C\C=C\[C@H](C)[C@H](O)[C@@H](C)[C@@H](O)[C@@H](C)[C@H](OC(C)=O)[C@@H]1C. The second kappa shape index (κ2) is 16.7. The summed E-state index contributed by atoms with van der Waals surface area (Å²) < 4.78 is 30.5. The zero-order valence-electron chi connectivity index (χ0n) is 33.9. The first-order valence-electron chi connectivity index (χ1n) is 19.0. The van der Waals surface area contributed by atoms with Crippen LogP contribution in [0.25, 0.3) is 33.3 Å². The maximum atomic E-state index is 14.6. The highest BCUT2D eigenvalue weighted by atomic mass is 79.9. The lowest BCUT2D eigenvalue weighted by atomic mass is 9.78. The Morgan fingerprint density at radius 1 is 1.02 bits per heavy atom. The van der Waals surface area contributed by atoms with Crippen LogP contribution in [0.2, 0.25) is 5.02 Å². The fourth-order valence-corrected chi connectivity index (χ4v) is 8.66. The van der Waals surface area contributed by atoms with Crippen molar-refractivity contribution in [3.8, 4) is 23.0 Å². The minimum atomic E-state index is -2.05. The van der Waals surface area contributed by atoms with Crippen LogP contribution in [0.15, 0.2) is 62.0 Å². The number of anilines is 1. The minimum Gasteiger partial charge on any atom is -0.507 e. The van der Waals surface area contributed by atoms with Crippen LogP contribution in [0.3, 0.4) is 0 Å². The van der Waals surface area contributed by atoms with Gasteiger partial charge in [-0.15, -0.1) is 0 Å². The zero-order chi connectivity index (χ0) is 43.4. The van der Waals surface area contributed by atoms with Crippen LogP contribution in [0.1, 0.15) is 64.4 Å². The van der Waals surface area contributed by atoms with E-state index in [-0.39, 0.29) is 66.5 Å². The third kappa shape index (κ3) is 7.86. The number of aliphatic hydroxyl groups is 2. The number of ether oxygens (including phenoxy) is 4. The van der Waals surface area contributed by atoms with Crippen molar-refractivity contribution in [3.05, 3.63) is 79.1 Å². The van der Waals surface area contributed by atoms with Gasteiger partial charge in [-0.1, -0.05) is 73.5 Å². The van der Waals surface area contributed by atoms with E-state index in [1.54, 1.807) is 52.0 Å². The van der Waals surface area contributed by atoms with Gasteiger partial charge in [-0.3, -0.25) is 19.2 Å². The predicted molar refractivity (Wildman–Crippen MR) is 224 cm³/mol. The number of Topliss-reactive ketones (excluding diaryl/α,β-unsaturated/α-hetero) is 1. The summed E-state index contributed by atoms with van der Waals surface area (Å²) in [7, 11) is 1.44. The third-order valence-corrected chi connectivity index (χ3v) is 12.1. The van der Waals surface area contributed by atoms with E-state index < -0.39 is 82.7 Å². The Balaban J connectivity index is 1.60. The molecule has 4 N–H and O–H groups in total. The lowest BCUT2D eigenvalue weighted by molar-refractivity contribution is -0.160. The lowest BCUT2D eigenvalue weighted by Gasteiger charge is -2.38. The van der Waals surface area contributed by atoms with Crippen molar-refractivity contribution < 1.29 is 53.1 Å². The van der Waals surface area contributed by atoms with Crippen molar-refractivity contribution in [3.63, 3.8) is 0 Å². The molecule has 16 heteroatoms. The van der Waals surface area contributed by atoms with Crippen LogP contribution < -0.4 is 15.5 Å². The summed E-state index contributed by atoms with van der Waals surface area (Å²) in [5.74, 6) is -7.39. The molecule has 3 aliphatic heterocycles. The number of rotatable bonds is 2. The fourth-order valence-electron chi connectivity index (χ4n) is 7.84. The van der Waals surface area contributed by atoms with E-state index in [0.29, 0.717) is 4.47 Å². The molecule has 0 fully saturated rings. The number of carbonyl (C=O) groups excluding carboxylic acids is 3. The number of carbonyl (C=O) groups is 3. The number of phenols is 1. The van der Waals surface area contributed by atoms with Crippen LogP contribution in [0, 0.1) is 30.6 Å². The van der Waals surface area contributed by atoms with Crippen LogP contribution in [0.5, 0.6) is 11.5 Å². The molecule has 4 bridgehead atoms. The van der Waals surface area contributed by atoms with Crippen LogP contribution in [0.4, 0.5) is 5.69 Å². The van der Waals surface area contributed by atoms with Gasteiger partial charge in [0.05, 0.1) is 40.5 Å². The van der Waals surface area contributed by atoms with E-state index in [0.717, 1.165) is 0 Å². The van der Waals surface area contributed by atoms with E-state index in [2.05, 4.69) is 21.2 Å². The number of nitrogens with zero attached hydrogens (tertiary/aromatic N) is 1. The van der Waals surface area contributed by atoms with E-state index in [4.69, 9.17) is 39.9 Å². The molecule has 0 saturated heterocycles. The molecule has 0 saturated carbocycles. The number of benzene rings is 3. The van der Waals surface area contributed by atoms with Gasteiger partial charge in [0.25, 0.3) is 11.7 Å². The second-order valence-electron chi connectivity index (χ2n) is 15.5. The Kier molecular flexibility index (Phi) is 12.4. The van der Waals surface area contributed by atoms with Crippen LogP contribution >= 0.6 is 27.5 Å². The number of aromatic nitrogens is 1. The average Bonchev–Trinajstić information content (AvgIpc) is 3.45. The van der Waals surface area contributed by atoms with Gasteiger partial charge in [0.1, 0.15) is 34.5 Å². The molecular formula is C43H46BrClN2O12. The molecule has 1 amide bonds. The van der Waals surface area contributed by atoms with Gasteiger partial charge in [0.2, 0.25) is 5.43 Å². The van der Waals surface area contributed by atoms with Gasteiger partial charge in [-0.25, -0.2) is 4.98 Å². The van der Waals surface area contributed by atoms with Crippen molar-refractivity contribution in [1.29, 1.82) is 0 Å². The van der Waals surface area contributed by atoms with Gasteiger partial charge >= 0.3 is 11.8 Å². The second-order valence-corrected chi connectivity index (χ2v) is 16.8. The molecule has 0 unspecified atom stereocenters. The fraction of sp³-hybridized carbons (Fsp3) is 0.419. The summed E-state index contributed by atoms with van der Waals surface area (Å²) in [5, 5.41) is 36.9. The molecule has 1 aliphatic carbocycles. The number of hydrogen-bond donors (Lipinski definition) is 4. The normalized spacial score (nSPS) is 30.2. The predicted octanol–water partition coefficient (Wildman–Crippen LogP) is 7.37. The van der Waals surface area contributed by atoms with Gasteiger partial charge < -0.3 is 44.0 Å². The van der Waals surface area contributed by atoms with Crippen molar-refractivity contribution in [2.45, 2.75) is 85.6 Å². The van der Waals surface area contributed by atoms with E-state index >= 15 is 0 Å². The third-order valence-electron chi connectivity index (χ3n) is 11.4. The number of ketones is 1. The molecular weight excluding hydrogens is 852 g/mol. The molecule has 0 radical (unpaired) electrons. The Bertz CT molecular complexity index is 2500. The quantitative estimate of drug-likeness (QED) is 0.0883. The number of methoxy groups -OCH3 is 1. The summed E-state index contributed by atoms with van der Waals surface area (Å²) in [6, 6.07) is 3.16. The van der Waals surface area contributed by atoms with Crippen molar-refractivity contribution >= 4 is 72.8 Å². The highest BCUT2D eigenvalue weighted by molar-refractivity contribution is 9.10. The van der Waals surface area contributed by atoms with Crippen molar-refractivity contribution in [1.82, 2.24) is 4.98 Å². The number of allylic oxidation sites excluding steroid dienone is 2. The topological polar surface area (TPSA) is 204 Å². The molecule has 14 nitrogen and oxygen atoms in total. The molecule has 0 aromatic heterocycles. The average molecular weight is 898 g/mol. The number of nitrogens with one attached hydrogen (secondary N) is 1. The molecule has 2 aromatic rings. The van der Waals surface area contributed by atoms with E-state index in [1.165, 1.54) is 53.2 Å². The number of phenolic OH excluding ortho intramolecular Hbond substituents is 1. The van der Waals surface area contributed by atoms with Gasteiger partial charge in [0.15, 0.2) is 11.3 Å². The maximum Gasteiger partial charge on any atom is 0.312 e. The Morgan fingerprint density at radius 3 is 2.37 bits per heavy atom. The molecule has 9 atom stereocenters. The Labute approximate surface area is 353 Å². The largest absolute Gasteiger partial charge is 0.507 e. The van der Waals surface area contributed by atoms with Crippen LogP contribution in [-0.4, -0.2) is 75.3 Å². The zero-order valence-corrected chi connectivity index (χ0v) is 36.2. The highest BCUT2D eigenvalue weighted by Crippen LogP contribution is 2.51. The first kappa shape index (κ1) is 43.8. The highest BCUT2D eigenvalue weighted by Gasteiger charge is 2.50. The van der Waals surface area contributed by atoms with Gasteiger partial charge in [-0.2, -0.15) is 0 Å². The van der Waals surface area contributed by atoms with Gasteiger partial charge in [-0.05, 0) is 32.1 Å². The monoisotopic (exact) mass is 896 g/mol. The van der Waals surface area contributed by atoms with E-state index in [9.17, 15) is 34.5 Å². The Hall–Kier alpha value is -4.80. The van der Waals surface area contributed by atoms with E-state index in [1.807, 2.05) is 0 Å². The smallest absolute Gasteiger partial charge is 0.312 e. The maximum absolute atomic E-state index is 14.6. The number of aromatic hydroxyl groups is 1. The molecule has 3 heterocycles. The Morgan fingerprint density at radius 2 is 1.71 bits per heavy atom. The standard InChI is InChI=1S/C43H46BrClN2O12/c1-17-11-10-12-18(2)42(54)47-33-37(52)29-28(32-40(33)58-27-16-24(44)15-25(45)31(27)46-32)30-39(22(6)36(29)51)59-43(8,41(30)53)56-14-13-26(55-9)19(3)38(57-23(7)48)21(5)35(50)20(4)34(17)49/h10-17,19-21,26,34-35,38,49-51H,1-9H3,(H,47,54)/b11-10+,14-13+,18-12-/t17-,19+,20+,21+,26-,34-,35+,38+,43-/m0/s1. The summed E-state index contributed by atoms with van der Waals surface area (Å²) in [4.78, 5) is 60.0. The summed E-state index contributed by atoms with van der Waals surface area (Å²) >= 11 is 10.0. The van der Waals surface area contributed by atoms with Gasteiger partial charge in [0, 0.05) is 65.6 Å². The summed E-state index contributed by atoms with van der Waals surface area (Å²) in [5.41, 5.74) is -0.935. The first-order chi connectivity index (χ1) is 27.7. The van der Waals surface area contributed by atoms with Crippen molar-refractivity contribution in [2.75, 3.05) is 12.4 Å². The molecule has 59 heavy (non-hydrogen) atoms. The number of hydrogen-bond acceptors (Lipinski definition) is 13. The minimum absolute atomic E-state index is 0.0444. The number of fused-ring (bicyclic) bond motifs is 2. The first-order valence-corrected chi connectivity index (χ1v) is 20.1. The number of amides is 1. The van der Waals surface area contributed by atoms with Crippen LogP contribution in [-0.2, 0) is 23.8 Å². The molecule has 4 aliphatic rings. The number of esters is 1. The number of halogens is 2. The van der Waals surface area contributed by atoms with Crippen molar-refractivity contribution in [2.24, 2.45) is 23.7 Å². The number of aliphatic hydroxyl groups excluding tert-OH is 2. The summed E-state index contributed by atoms with van der Waals surface area (Å²) in [6.07, 6.45) is 3.51. The molecule has 314 valence electrons. The molecule has 6 rings (SSSR count).